The van der Waals surface area contributed by atoms with Gasteiger partial charge in [0.1, 0.15) is 18.2 Å². The molecule has 0 spiro atoms. The van der Waals surface area contributed by atoms with E-state index in [0.29, 0.717) is 22.4 Å². The van der Waals surface area contributed by atoms with Crippen LogP contribution in [0.2, 0.25) is 5.02 Å². The summed E-state index contributed by atoms with van der Waals surface area (Å²) >= 11 is 5.89. The number of halogens is 4. The molecule has 0 radical (unpaired) electrons. The fourth-order valence-corrected chi connectivity index (χ4v) is 3.26. The van der Waals surface area contributed by atoms with E-state index in [2.05, 4.69) is 15.1 Å². The van der Waals surface area contributed by atoms with Crippen molar-refractivity contribution in [1.29, 1.82) is 0 Å². The van der Waals surface area contributed by atoms with Crippen molar-refractivity contribution < 1.29 is 18.0 Å². The summed E-state index contributed by atoms with van der Waals surface area (Å²) in [6.45, 7) is 0.819. The lowest BCUT2D eigenvalue weighted by atomic mass is 10.0. The smallest absolute Gasteiger partial charge is 0.271 e. The average molecular weight is 410 g/mol. The van der Waals surface area contributed by atoms with Gasteiger partial charge in [-0.1, -0.05) is 17.7 Å². The van der Waals surface area contributed by atoms with Crippen molar-refractivity contribution in [2.45, 2.75) is 25.6 Å². The minimum atomic E-state index is -3.11. The second-order valence-corrected chi connectivity index (χ2v) is 7.15. The molecule has 4 rings (SSSR count). The van der Waals surface area contributed by atoms with E-state index in [9.17, 15) is 18.0 Å². The lowest BCUT2D eigenvalue weighted by Gasteiger charge is -2.34. The van der Waals surface area contributed by atoms with Crippen molar-refractivity contribution in [3.63, 3.8) is 0 Å². The third-order valence-electron chi connectivity index (χ3n) is 4.56. The molecule has 2 aromatic heterocycles. The van der Waals surface area contributed by atoms with E-state index in [1.807, 2.05) is 0 Å². The van der Waals surface area contributed by atoms with E-state index in [1.165, 1.54) is 34.1 Å². The Labute approximate surface area is 162 Å². The summed E-state index contributed by atoms with van der Waals surface area (Å²) < 4.78 is 41.8. The molecular formula is C18H15ClF3N5O. The highest BCUT2D eigenvalue weighted by Crippen LogP contribution is 2.35. The summed E-state index contributed by atoms with van der Waals surface area (Å²) in [6.07, 6.45) is 1.92. The maximum Gasteiger partial charge on any atom is 0.271 e. The fourth-order valence-electron chi connectivity index (χ4n) is 2.98. The zero-order valence-corrected chi connectivity index (χ0v) is 15.5. The first kappa shape index (κ1) is 18.7. The Kier molecular flexibility index (Phi) is 4.49. The van der Waals surface area contributed by atoms with Crippen molar-refractivity contribution in [3.05, 3.63) is 41.2 Å². The van der Waals surface area contributed by atoms with Gasteiger partial charge in [-0.2, -0.15) is 5.10 Å². The van der Waals surface area contributed by atoms with Gasteiger partial charge in [-0.25, -0.2) is 27.8 Å². The van der Waals surface area contributed by atoms with Crippen molar-refractivity contribution in [2.24, 2.45) is 0 Å². The third kappa shape index (κ3) is 3.42. The number of benzene rings is 1. The van der Waals surface area contributed by atoms with Crippen LogP contribution in [0.25, 0.3) is 22.4 Å². The van der Waals surface area contributed by atoms with E-state index in [4.69, 9.17) is 11.6 Å². The first-order valence-electron chi connectivity index (χ1n) is 8.51. The number of likely N-dealkylation sites (tertiary alicyclic amines) is 1. The molecule has 0 aliphatic carbocycles. The maximum absolute atomic E-state index is 13.8. The van der Waals surface area contributed by atoms with Gasteiger partial charge in [0.15, 0.2) is 5.65 Å². The predicted octanol–water partition coefficient (Wildman–Crippen LogP) is 3.44. The molecule has 1 amide bonds. The Morgan fingerprint density at radius 3 is 2.75 bits per heavy atom. The van der Waals surface area contributed by atoms with Gasteiger partial charge < -0.3 is 4.90 Å². The van der Waals surface area contributed by atoms with Crippen LogP contribution in [0.4, 0.5) is 13.2 Å². The molecule has 10 heteroatoms. The molecule has 3 aromatic rings. The Hall–Kier alpha value is -2.68. The normalized spacial score (nSPS) is 15.1. The zero-order valence-electron chi connectivity index (χ0n) is 14.7. The van der Waals surface area contributed by atoms with Gasteiger partial charge in [0, 0.05) is 23.1 Å². The lowest BCUT2D eigenvalue weighted by molar-refractivity contribution is -0.139. The average Bonchev–Trinajstić information content (AvgIpc) is 3.00. The minimum absolute atomic E-state index is 0.0401. The Morgan fingerprint density at radius 1 is 1.32 bits per heavy atom. The van der Waals surface area contributed by atoms with Gasteiger partial charge >= 0.3 is 0 Å². The second kappa shape index (κ2) is 6.73. The summed E-state index contributed by atoms with van der Waals surface area (Å²) in [5.41, 5.74) is 1.24. The molecule has 0 unspecified atom stereocenters. The minimum Gasteiger partial charge on any atom is -0.335 e. The molecule has 1 aliphatic rings. The van der Waals surface area contributed by atoms with E-state index >= 15 is 0 Å². The van der Waals surface area contributed by atoms with Crippen LogP contribution in [-0.4, -0.2) is 49.8 Å². The van der Waals surface area contributed by atoms with Crippen LogP contribution in [0.5, 0.6) is 0 Å². The first-order chi connectivity index (χ1) is 13.2. The molecule has 1 fully saturated rings. The number of aromatic nitrogens is 4. The fraction of sp³-hybridized carbons (Fsp3) is 0.333. The summed E-state index contributed by atoms with van der Waals surface area (Å²) in [4.78, 5) is 22.2. The zero-order chi connectivity index (χ0) is 20.1. The number of carbonyl (C=O) groups is 1. The van der Waals surface area contributed by atoms with Crippen LogP contribution in [0.3, 0.4) is 0 Å². The topological polar surface area (TPSA) is 63.9 Å². The summed E-state index contributed by atoms with van der Waals surface area (Å²) in [5.74, 6) is -3.38. The van der Waals surface area contributed by atoms with Crippen LogP contribution in [0.1, 0.15) is 12.5 Å². The summed E-state index contributed by atoms with van der Waals surface area (Å²) in [7, 11) is 0. The Balaban J connectivity index is 1.67. The molecule has 0 atom stereocenters. The van der Waals surface area contributed by atoms with Gasteiger partial charge in [-0.15, -0.1) is 0 Å². The van der Waals surface area contributed by atoms with E-state index in [1.54, 1.807) is 6.07 Å². The number of nitrogens with zero attached hydrogens (tertiary/aromatic N) is 5. The molecule has 28 heavy (non-hydrogen) atoms. The number of hydrogen-bond donors (Lipinski definition) is 0. The highest BCUT2D eigenvalue weighted by molar-refractivity contribution is 6.31. The van der Waals surface area contributed by atoms with Gasteiger partial charge in [0.25, 0.3) is 5.92 Å². The molecule has 1 aromatic carbocycles. The second-order valence-electron chi connectivity index (χ2n) is 6.75. The van der Waals surface area contributed by atoms with Crippen molar-refractivity contribution in [1.82, 2.24) is 24.6 Å². The third-order valence-corrected chi connectivity index (χ3v) is 4.88. The Bertz CT molecular complexity index is 1060. The number of alkyl halides is 3. The van der Waals surface area contributed by atoms with Gasteiger partial charge in [0.2, 0.25) is 5.91 Å². The number of rotatable bonds is 4. The largest absolute Gasteiger partial charge is 0.335 e. The molecule has 146 valence electrons. The van der Waals surface area contributed by atoms with Crippen molar-refractivity contribution in [2.75, 3.05) is 13.1 Å². The quantitative estimate of drug-likeness (QED) is 0.662. The van der Waals surface area contributed by atoms with Gasteiger partial charge in [-0.05, 0) is 12.1 Å². The van der Waals surface area contributed by atoms with E-state index in [0.717, 1.165) is 6.92 Å². The molecule has 1 saturated heterocycles. The first-order valence-corrected chi connectivity index (χ1v) is 8.89. The van der Waals surface area contributed by atoms with Crippen LogP contribution in [0, 0.1) is 0 Å². The number of fused-ring (bicyclic) bond motifs is 1. The highest BCUT2D eigenvalue weighted by Gasteiger charge is 2.31. The van der Waals surface area contributed by atoms with Gasteiger partial charge in [-0.3, -0.25) is 4.79 Å². The number of carbonyl (C=O) groups excluding carboxylic acids is 1. The molecule has 6 nitrogen and oxygen atoms in total. The van der Waals surface area contributed by atoms with E-state index in [-0.39, 0.29) is 36.1 Å². The Morgan fingerprint density at radius 2 is 2.07 bits per heavy atom. The van der Waals surface area contributed by atoms with E-state index < -0.39 is 12.1 Å². The lowest BCUT2D eigenvalue weighted by Crippen LogP contribution is -2.52. The maximum atomic E-state index is 13.8. The van der Waals surface area contributed by atoms with Crippen molar-refractivity contribution >= 4 is 28.7 Å². The molecule has 3 heterocycles. The molecule has 0 bridgehead atoms. The van der Waals surface area contributed by atoms with Crippen LogP contribution < -0.4 is 0 Å². The van der Waals surface area contributed by atoms with Crippen LogP contribution in [-0.2, 0) is 17.3 Å². The molecule has 1 aliphatic heterocycles. The number of amides is 1. The number of hydrogen-bond acceptors (Lipinski definition) is 4. The molecule has 0 saturated carbocycles. The summed E-state index contributed by atoms with van der Waals surface area (Å²) in [5, 5.41) is 4.07. The summed E-state index contributed by atoms with van der Waals surface area (Å²) in [6, 6.07) is 4.22. The molecular weight excluding hydrogens is 395 g/mol. The SMILES string of the molecule is CC(F)(F)c1cc(-c2cnc3cnn(CC(=O)N4CC(F)C4)c3n2)ccc1Cl. The van der Waals surface area contributed by atoms with Crippen LogP contribution in [0.15, 0.2) is 30.6 Å². The van der Waals surface area contributed by atoms with Crippen LogP contribution >= 0.6 is 11.6 Å². The van der Waals surface area contributed by atoms with Gasteiger partial charge in [0.05, 0.1) is 31.2 Å². The van der Waals surface area contributed by atoms with Crippen molar-refractivity contribution in [3.8, 4) is 11.3 Å². The predicted molar refractivity (Wildman–Crippen MR) is 96.8 cm³/mol. The highest BCUT2D eigenvalue weighted by atomic mass is 35.5. The molecule has 0 N–H and O–H groups in total. The standard InChI is InChI=1S/C18H15ClF3N5O/c1-18(21,22)12-4-10(2-3-13(12)19)14-5-23-15-6-24-27(17(15)25-14)9-16(28)26-7-11(20)8-26/h2-6,11H,7-9H2,1H3. The monoisotopic (exact) mass is 409 g/mol.